The third-order valence-corrected chi connectivity index (χ3v) is 2.19. The minimum Gasteiger partial charge on any atom is -0.480 e. The lowest BCUT2D eigenvalue weighted by Gasteiger charge is -2.13. The van der Waals surface area contributed by atoms with Gasteiger partial charge in [0.2, 0.25) is 0 Å². The van der Waals surface area contributed by atoms with E-state index in [0.717, 1.165) is 6.07 Å². The molecule has 0 unspecified atom stereocenters. The number of halogens is 3. The molecule has 0 aliphatic carbocycles. The van der Waals surface area contributed by atoms with Crippen LogP contribution in [0.4, 0.5) is 13.2 Å². The summed E-state index contributed by atoms with van der Waals surface area (Å²) in [7, 11) is 0. The highest BCUT2D eigenvalue weighted by Crippen LogP contribution is 2.33. The maximum absolute atomic E-state index is 12.5. The van der Waals surface area contributed by atoms with Crippen molar-refractivity contribution < 1.29 is 23.1 Å². The minimum absolute atomic E-state index is 0.0360. The Hall–Kier alpha value is -1.56. The molecule has 0 spiro atoms. The zero-order valence-corrected chi connectivity index (χ0v) is 8.38. The maximum Gasteiger partial charge on any atom is 0.416 e. The van der Waals surface area contributed by atoms with E-state index in [1.807, 2.05) is 0 Å². The van der Waals surface area contributed by atoms with E-state index in [9.17, 15) is 18.0 Å². The molecule has 0 heterocycles. The molecule has 1 aromatic carbocycles. The number of carbonyl (C=O) groups is 1. The van der Waals surface area contributed by atoms with Gasteiger partial charge in [0.05, 0.1) is 5.56 Å². The van der Waals surface area contributed by atoms with E-state index in [0.29, 0.717) is 0 Å². The van der Waals surface area contributed by atoms with Crippen LogP contribution < -0.4 is 5.73 Å². The second-order valence-electron chi connectivity index (χ2n) is 3.39. The van der Waals surface area contributed by atoms with Gasteiger partial charge in [-0.15, -0.1) is 0 Å². The first kappa shape index (κ1) is 12.5. The Morgan fingerprint density at radius 3 is 2.44 bits per heavy atom. The van der Waals surface area contributed by atoms with Crippen LogP contribution in [-0.4, -0.2) is 11.1 Å². The van der Waals surface area contributed by atoms with Gasteiger partial charge in [0.25, 0.3) is 0 Å². The number of carboxylic acids is 1. The van der Waals surface area contributed by atoms with E-state index in [4.69, 9.17) is 10.8 Å². The van der Waals surface area contributed by atoms with Crippen molar-refractivity contribution in [3.05, 3.63) is 34.9 Å². The molecular weight excluding hydrogens is 223 g/mol. The number of alkyl halides is 3. The molecule has 0 bridgehead atoms. The SMILES string of the molecule is Cc1ccc([C@H](N)C(=O)O)cc1C(F)(F)F. The highest BCUT2D eigenvalue weighted by Gasteiger charge is 2.33. The Morgan fingerprint density at radius 1 is 1.44 bits per heavy atom. The van der Waals surface area contributed by atoms with Gasteiger partial charge in [0, 0.05) is 0 Å². The van der Waals surface area contributed by atoms with Gasteiger partial charge in [0.1, 0.15) is 6.04 Å². The van der Waals surface area contributed by atoms with Crippen molar-refractivity contribution in [2.45, 2.75) is 19.1 Å². The number of hydrogen-bond donors (Lipinski definition) is 2. The van der Waals surface area contributed by atoms with Gasteiger partial charge in [0.15, 0.2) is 0 Å². The molecule has 0 saturated heterocycles. The third-order valence-electron chi connectivity index (χ3n) is 2.19. The van der Waals surface area contributed by atoms with Crippen molar-refractivity contribution in [3.8, 4) is 0 Å². The predicted molar refractivity (Wildman–Crippen MR) is 50.7 cm³/mol. The monoisotopic (exact) mass is 233 g/mol. The Labute approximate surface area is 89.7 Å². The molecule has 0 radical (unpaired) electrons. The highest BCUT2D eigenvalue weighted by molar-refractivity contribution is 5.75. The Morgan fingerprint density at radius 2 is 2.00 bits per heavy atom. The zero-order valence-electron chi connectivity index (χ0n) is 8.38. The third kappa shape index (κ3) is 2.52. The van der Waals surface area contributed by atoms with E-state index in [-0.39, 0.29) is 11.1 Å². The molecule has 88 valence electrons. The van der Waals surface area contributed by atoms with Crippen molar-refractivity contribution in [2.24, 2.45) is 5.73 Å². The van der Waals surface area contributed by atoms with Crippen molar-refractivity contribution >= 4 is 5.97 Å². The molecule has 3 N–H and O–H groups in total. The van der Waals surface area contributed by atoms with Crippen molar-refractivity contribution in [3.63, 3.8) is 0 Å². The molecular formula is C10H10F3NO2. The van der Waals surface area contributed by atoms with Gasteiger partial charge < -0.3 is 10.8 Å². The molecule has 1 rings (SSSR count). The van der Waals surface area contributed by atoms with Gasteiger partial charge in [-0.1, -0.05) is 12.1 Å². The summed E-state index contributed by atoms with van der Waals surface area (Å²) in [6.45, 7) is 1.30. The summed E-state index contributed by atoms with van der Waals surface area (Å²) in [5.41, 5.74) is 4.35. The highest BCUT2D eigenvalue weighted by atomic mass is 19.4. The fourth-order valence-corrected chi connectivity index (χ4v) is 1.28. The number of carboxylic acid groups (broad SMARTS) is 1. The minimum atomic E-state index is -4.50. The molecule has 16 heavy (non-hydrogen) atoms. The van der Waals surface area contributed by atoms with E-state index >= 15 is 0 Å². The lowest BCUT2D eigenvalue weighted by atomic mass is 10.0. The fraction of sp³-hybridized carbons (Fsp3) is 0.300. The van der Waals surface area contributed by atoms with Crippen LogP contribution in [0.2, 0.25) is 0 Å². The normalized spacial score (nSPS) is 13.6. The lowest BCUT2D eigenvalue weighted by Crippen LogP contribution is -2.21. The number of aliphatic carboxylic acids is 1. The molecule has 0 fully saturated rings. The van der Waals surface area contributed by atoms with Crippen molar-refractivity contribution in [1.82, 2.24) is 0 Å². The molecule has 6 heteroatoms. The van der Waals surface area contributed by atoms with Crippen LogP contribution in [0.1, 0.15) is 22.7 Å². The molecule has 1 atom stereocenters. The van der Waals surface area contributed by atoms with Crippen molar-refractivity contribution in [2.75, 3.05) is 0 Å². The van der Waals surface area contributed by atoms with E-state index in [2.05, 4.69) is 0 Å². The van der Waals surface area contributed by atoms with Crippen molar-refractivity contribution in [1.29, 1.82) is 0 Å². The summed E-state index contributed by atoms with van der Waals surface area (Å²) < 4.78 is 37.5. The van der Waals surface area contributed by atoms with E-state index in [1.54, 1.807) is 0 Å². The summed E-state index contributed by atoms with van der Waals surface area (Å²) in [5.74, 6) is -1.36. The van der Waals surface area contributed by atoms with E-state index in [1.165, 1.54) is 19.1 Å². The van der Waals surface area contributed by atoms with Crippen LogP contribution in [0.15, 0.2) is 18.2 Å². The van der Waals surface area contributed by atoms with Crippen LogP contribution in [0.5, 0.6) is 0 Å². The molecule has 1 aromatic rings. The number of nitrogens with two attached hydrogens (primary N) is 1. The quantitative estimate of drug-likeness (QED) is 0.822. The second kappa shape index (κ2) is 4.13. The fourth-order valence-electron chi connectivity index (χ4n) is 1.28. The van der Waals surface area contributed by atoms with Gasteiger partial charge in [-0.25, -0.2) is 0 Å². The summed E-state index contributed by atoms with van der Waals surface area (Å²) in [4.78, 5) is 10.5. The average Bonchev–Trinajstić information content (AvgIpc) is 2.15. The summed E-state index contributed by atoms with van der Waals surface area (Å²) in [6.07, 6.45) is -4.50. The van der Waals surface area contributed by atoms with Crippen LogP contribution in [-0.2, 0) is 11.0 Å². The molecule has 0 aromatic heterocycles. The standard InChI is InChI=1S/C10H10F3NO2/c1-5-2-3-6(8(14)9(15)16)4-7(5)10(11,12)13/h2-4,8H,14H2,1H3,(H,15,16)/t8-/m0/s1. The predicted octanol–water partition coefficient (Wildman–Crippen LogP) is 2.10. The van der Waals surface area contributed by atoms with Crippen LogP contribution in [0.3, 0.4) is 0 Å². The molecule has 0 aliphatic heterocycles. The maximum atomic E-state index is 12.5. The molecule has 0 saturated carbocycles. The Kier molecular flexibility index (Phi) is 3.23. The van der Waals surface area contributed by atoms with Crippen LogP contribution >= 0.6 is 0 Å². The second-order valence-corrected chi connectivity index (χ2v) is 3.39. The first-order chi connectivity index (χ1) is 7.23. The van der Waals surface area contributed by atoms with Gasteiger partial charge in [-0.3, -0.25) is 4.79 Å². The molecule has 0 amide bonds. The molecule has 3 nitrogen and oxygen atoms in total. The average molecular weight is 233 g/mol. The van der Waals surface area contributed by atoms with Gasteiger partial charge in [-0.05, 0) is 24.1 Å². The smallest absolute Gasteiger partial charge is 0.416 e. The number of hydrogen-bond acceptors (Lipinski definition) is 2. The zero-order chi connectivity index (χ0) is 12.5. The largest absolute Gasteiger partial charge is 0.480 e. The first-order valence-corrected chi connectivity index (χ1v) is 4.39. The summed E-state index contributed by atoms with van der Waals surface area (Å²) in [5, 5.41) is 8.59. The summed E-state index contributed by atoms with van der Waals surface area (Å²) in [6, 6.07) is 1.82. The van der Waals surface area contributed by atoms with Gasteiger partial charge >= 0.3 is 12.1 Å². The summed E-state index contributed by atoms with van der Waals surface area (Å²) >= 11 is 0. The number of benzene rings is 1. The van der Waals surface area contributed by atoms with E-state index < -0.39 is 23.8 Å². The Bertz CT molecular complexity index is 415. The molecule has 0 aliphatic rings. The van der Waals surface area contributed by atoms with Gasteiger partial charge in [-0.2, -0.15) is 13.2 Å². The first-order valence-electron chi connectivity index (χ1n) is 4.39. The lowest BCUT2D eigenvalue weighted by molar-refractivity contribution is -0.140. The van der Waals surface area contributed by atoms with Crippen LogP contribution in [0, 0.1) is 6.92 Å². The topological polar surface area (TPSA) is 63.3 Å². The number of aryl methyl sites for hydroxylation is 1. The van der Waals surface area contributed by atoms with Crippen LogP contribution in [0.25, 0.3) is 0 Å². The Balaban J connectivity index is 3.23. The number of rotatable bonds is 2.